The van der Waals surface area contributed by atoms with Crippen LogP contribution in [0, 0.1) is 46.3 Å². The maximum atomic E-state index is 10.2. The van der Waals surface area contributed by atoms with E-state index in [9.17, 15) is 5.11 Å². The molecule has 4 aliphatic rings. The Kier molecular flexibility index (Phi) is 5.80. The highest BCUT2D eigenvalue weighted by molar-refractivity contribution is 5.25. The first-order valence-electron chi connectivity index (χ1n) is 12.7. The smallest absolute Gasteiger partial charge is 0.0577 e. The number of allylic oxidation sites excluding steroid dienone is 1. The molecule has 0 aromatic carbocycles. The van der Waals surface area contributed by atoms with Crippen LogP contribution in [0.1, 0.15) is 105 Å². The highest BCUT2D eigenvalue weighted by atomic mass is 16.3. The van der Waals surface area contributed by atoms with Gasteiger partial charge in [-0.2, -0.15) is 0 Å². The summed E-state index contributed by atoms with van der Waals surface area (Å²) in [7, 11) is 0. The van der Waals surface area contributed by atoms with Gasteiger partial charge < -0.3 is 5.11 Å². The van der Waals surface area contributed by atoms with Gasteiger partial charge in [0.2, 0.25) is 0 Å². The van der Waals surface area contributed by atoms with Crippen molar-refractivity contribution in [3.05, 3.63) is 11.6 Å². The fraction of sp³-hybridized carbons (Fsp3) is 0.926. The minimum atomic E-state index is -0.0773. The van der Waals surface area contributed by atoms with E-state index in [2.05, 4.69) is 40.7 Å². The number of aliphatic hydroxyl groups is 1. The Morgan fingerprint density at radius 2 is 1.79 bits per heavy atom. The molecular formula is C27H46O. The lowest BCUT2D eigenvalue weighted by atomic mass is 9.47. The van der Waals surface area contributed by atoms with Gasteiger partial charge in [-0.05, 0) is 104 Å². The molecule has 0 radical (unpaired) electrons. The van der Waals surface area contributed by atoms with Gasteiger partial charge in [0.1, 0.15) is 0 Å². The molecule has 0 heterocycles. The van der Waals surface area contributed by atoms with Crippen LogP contribution >= 0.6 is 0 Å². The van der Waals surface area contributed by atoms with Crippen LogP contribution in [-0.2, 0) is 0 Å². The third kappa shape index (κ3) is 3.23. The summed E-state index contributed by atoms with van der Waals surface area (Å²) in [6.07, 6.45) is 17.1. The Morgan fingerprint density at radius 3 is 2.50 bits per heavy atom. The summed E-state index contributed by atoms with van der Waals surface area (Å²) in [4.78, 5) is 0. The SMILES string of the molecule is CCC(CC)C[C@@H](C)[C@H]1CC[C@H]2[C@@H]3CC=C4C[C@@H](O)CC[C@]4(C)[C@H]3CC[C@]12C. The van der Waals surface area contributed by atoms with E-state index in [1.807, 2.05) is 0 Å². The van der Waals surface area contributed by atoms with E-state index in [0.717, 1.165) is 48.3 Å². The molecule has 4 rings (SSSR count). The van der Waals surface area contributed by atoms with E-state index in [1.54, 1.807) is 5.57 Å². The number of aliphatic hydroxyl groups excluding tert-OH is 1. The summed E-state index contributed by atoms with van der Waals surface area (Å²) in [5, 5.41) is 10.2. The third-order valence-corrected chi connectivity index (χ3v) is 10.7. The van der Waals surface area contributed by atoms with Crippen LogP contribution in [0.5, 0.6) is 0 Å². The fourth-order valence-corrected chi connectivity index (χ4v) is 8.93. The van der Waals surface area contributed by atoms with E-state index in [1.165, 1.54) is 57.8 Å². The van der Waals surface area contributed by atoms with Crippen molar-refractivity contribution in [1.29, 1.82) is 0 Å². The van der Waals surface area contributed by atoms with Crippen molar-refractivity contribution >= 4 is 0 Å². The minimum absolute atomic E-state index is 0.0773. The number of hydrogen-bond donors (Lipinski definition) is 1. The molecule has 4 aliphatic carbocycles. The lowest BCUT2D eigenvalue weighted by Crippen LogP contribution is -2.50. The lowest BCUT2D eigenvalue weighted by molar-refractivity contribution is -0.0580. The largest absolute Gasteiger partial charge is 0.393 e. The summed E-state index contributed by atoms with van der Waals surface area (Å²) in [6, 6.07) is 0. The van der Waals surface area contributed by atoms with E-state index in [4.69, 9.17) is 0 Å². The molecule has 0 unspecified atom stereocenters. The van der Waals surface area contributed by atoms with Crippen molar-refractivity contribution in [2.24, 2.45) is 46.3 Å². The predicted molar refractivity (Wildman–Crippen MR) is 119 cm³/mol. The van der Waals surface area contributed by atoms with Crippen LogP contribution in [0.3, 0.4) is 0 Å². The lowest BCUT2D eigenvalue weighted by Gasteiger charge is -2.58. The summed E-state index contributed by atoms with van der Waals surface area (Å²) < 4.78 is 0. The van der Waals surface area contributed by atoms with Crippen molar-refractivity contribution < 1.29 is 5.11 Å². The van der Waals surface area contributed by atoms with Crippen molar-refractivity contribution in [1.82, 2.24) is 0 Å². The zero-order valence-corrected chi connectivity index (χ0v) is 19.3. The molecule has 1 heteroatoms. The molecule has 8 atom stereocenters. The van der Waals surface area contributed by atoms with Gasteiger partial charge in [0.25, 0.3) is 0 Å². The molecule has 0 aliphatic heterocycles. The van der Waals surface area contributed by atoms with Gasteiger partial charge in [-0.3, -0.25) is 0 Å². The van der Waals surface area contributed by atoms with Gasteiger partial charge in [-0.1, -0.05) is 59.1 Å². The molecule has 28 heavy (non-hydrogen) atoms. The average Bonchev–Trinajstić information content (AvgIpc) is 3.04. The molecule has 0 aromatic heterocycles. The van der Waals surface area contributed by atoms with Crippen molar-refractivity contribution in [3.8, 4) is 0 Å². The van der Waals surface area contributed by atoms with Crippen LogP contribution in [-0.4, -0.2) is 11.2 Å². The fourth-order valence-electron chi connectivity index (χ4n) is 8.93. The molecule has 0 aromatic rings. The topological polar surface area (TPSA) is 20.2 Å². The summed E-state index contributed by atoms with van der Waals surface area (Å²) in [6.45, 7) is 12.6. The molecule has 3 fully saturated rings. The molecule has 0 spiro atoms. The second kappa shape index (κ2) is 7.75. The van der Waals surface area contributed by atoms with Crippen LogP contribution in [0.4, 0.5) is 0 Å². The summed E-state index contributed by atoms with van der Waals surface area (Å²) in [5.74, 6) is 5.51. The molecule has 160 valence electrons. The highest BCUT2D eigenvalue weighted by Crippen LogP contribution is 2.67. The Bertz CT molecular complexity index is 589. The maximum Gasteiger partial charge on any atom is 0.0577 e. The Hall–Kier alpha value is -0.300. The quantitative estimate of drug-likeness (QED) is 0.488. The average molecular weight is 387 g/mol. The number of rotatable bonds is 5. The van der Waals surface area contributed by atoms with Crippen LogP contribution in [0.2, 0.25) is 0 Å². The van der Waals surface area contributed by atoms with Crippen molar-refractivity contribution in [2.45, 2.75) is 111 Å². The van der Waals surface area contributed by atoms with E-state index in [0.29, 0.717) is 10.8 Å². The summed E-state index contributed by atoms with van der Waals surface area (Å²) >= 11 is 0. The van der Waals surface area contributed by atoms with E-state index in [-0.39, 0.29) is 6.10 Å². The second-order valence-corrected chi connectivity index (χ2v) is 11.8. The Labute approximate surface area is 174 Å². The molecule has 0 amide bonds. The van der Waals surface area contributed by atoms with Gasteiger partial charge in [0.05, 0.1) is 6.10 Å². The zero-order valence-electron chi connectivity index (χ0n) is 19.3. The number of hydrogen-bond acceptors (Lipinski definition) is 1. The van der Waals surface area contributed by atoms with Crippen LogP contribution < -0.4 is 0 Å². The molecule has 3 saturated carbocycles. The Morgan fingerprint density at radius 1 is 1.04 bits per heavy atom. The van der Waals surface area contributed by atoms with Crippen molar-refractivity contribution in [2.75, 3.05) is 0 Å². The zero-order chi connectivity index (χ0) is 20.1. The van der Waals surface area contributed by atoms with Gasteiger partial charge in [0, 0.05) is 0 Å². The van der Waals surface area contributed by atoms with Crippen LogP contribution in [0.25, 0.3) is 0 Å². The second-order valence-electron chi connectivity index (χ2n) is 11.8. The minimum Gasteiger partial charge on any atom is -0.393 e. The first kappa shape index (κ1) is 21.0. The first-order valence-corrected chi connectivity index (χ1v) is 12.7. The van der Waals surface area contributed by atoms with Gasteiger partial charge in [-0.25, -0.2) is 0 Å². The molecule has 0 saturated heterocycles. The monoisotopic (exact) mass is 386 g/mol. The normalized spacial score (nSPS) is 46.5. The van der Waals surface area contributed by atoms with E-state index < -0.39 is 0 Å². The van der Waals surface area contributed by atoms with Gasteiger partial charge >= 0.3 is 0 Å². The van der Waals surface area contributed by atoms with E-state index >= 15 is 0 Å². The molecule has 0 bridgehead atoms. The molecular weight excluding hydrogens is 340 g/mol. The first-order chi connectivity index (χ1) is 13.3. The standard InChI is InChI=1S/C27H46O/c1-6-19(7-2)16-18(3)23-10-11-24-22-9-8-20-17-21(28)12-14-26(20,4)25(22)13-15-27(23,24)5/h8,18-19,21-25,28H,6-7,9-17H2,1-5H3/t18-,21+,22+,23-,24+,25+,26+,27-/m1/s1. The maximum absolute atomic E-state index is 10.2. The van der Waals surface area contributed by atoms with Crippen molar-refractivity contribution in [3.63, 3.8) is 0 Å². The van der Waals surface area contributed by atoms with Gasteiger partial charge in [0.15, 0.2) is 0 Å². The highest BCUT2D eigenvalue weighted by Gasteiger charge is 2.59. The molecule has 1 nitrogen and oxygen atoms in total. The van der Waals surface area contributed by atoms with Gasteiger partial charge in [-0.15, -0.1) is 0 Å². The third-order valence-electron chi connectivity index (χ3n) is 10.7. The van der Waals surface area contributed by atoms with Crippen LogP contribution in [0.15, 0.2) is 11.6 Å². The number of fused-ring (bicyclic) bond motifs is 5. The summed E-state index contributed by atoms with van der Waals surface area (Å²) in [5.41, 5.74) is 2.60. The molecule has 1 N–H and O–H groups in total. The Balaban J connectivity index is 1.54. The predicted octanol–water partition coefficient (Wildman–Crippen LogP) is 7.39.